The topological polar surface area (TPSA) is 93.6 Å². The van der Waals surface area contributed by atoms with E-state index in [4.69, 9.17) is 17.3 Å². The fraction of sp³-hybridized carbons (Fsp3) is 0.467. The van der Waals surface area contributed by atoms with Gasteiger partial charge in [0.1, 0.15) is 0 Å². The number of halogens is 4. The average molecular weight is 422 g/mol. The fourth-order valence-electron chi connectivity index (χ4n) is 2.82. The minimum atomic E-state index is -4.56. The number of hydrogen-bond donors (Lipinski definition) is 1. The van der Waals surface area contributed by atoms with Crippen LogP contribution in [0.15, 0.2) is 17.4 Å². The third-order valence-electron chi connectivity index (χ3n) is 4.33. The Labute approximate surface area is 161 Å². The van der Waals surface area contributed by atoms with E-state index in [1.54, 1.807) is 4.90 Å². The van der Waals surface area contributed by atoms with Gasteiger partial charge in [0, 0.05) is 25.2 Å². The number of thioether (sulfide) groups is 1. The summed E-state index contributed by atoms with van der Waals surface area (Å²) >= 11 is 6.83. The molecule has 12 heteroatoms. The molecule has 0 aliphatic carbocycles. The van der Waals surface area contributed by atoms with Crippen molar-refractivity contribution >= 4 is 40.8 Å². The van der Waals surface area contributed by atoms with Crippen LogP contribution in [0.2, 0.25) is 5.02 Å². The summed E-state index contributed by atoms with van der Waals surface area (Å²) in [5, 5.41) is 7.56. The van der Waals surface area contributed by atoms with Crippen molar-refractivity contribution in [2.45, 2.75) is 24.2 Å². The van der Waals surface area contributed by atoms with Crippen molar-refractivity contribution in [2.24, 2.45) is 11.7 Å². The first-order chi connectivity index (χ1) is 12.7. The van der Waals surface area contributed by atoms with Crippen LogP contribution in [0.25, 0.3) is 5.65 Å². The minimum Gasteiger partial charge on any atom is -0.369 e. The zero-order chi connectivity index (χ0) is 19.8. The Morgan fingerprint density at radius 2 is 1.96 bits per heavy atom. The molecular formula is C15H15ClF3N5O2S. The summed E-state index contributed by atoms with van der Waals surface area (Å²) in [7, 11) is 0. The molecule has 0 atom stereocenters. The molecule has 0 spiro atoms. The second-order valence-corrected chi connectivity index (χ2v) is 7.45. The highest BCUT2D eigenvalue weighted by Gasteiger charge is 2.32. The van der Waals surface area contributed by atoms with E-state index >= 15 is 0 Å². The lowest BCUT2D eigenvalue weighted by Gasteiger charge is -2.30. The molecule has 0 saturated carbocycles. The first-order valence-corrected chi connectivity index (χ1v) is 9.34. The Kier molecular flexibility index (Phi) is 5.52. The van der Waals surface area contributed by atoms with Gasteiger partial charge in [0.2, 0.25) is 11.8 Å². The van der Waals surface area contributed by atoms with Gasteiger partial charge in [-0.15, -0.1) is 10.2 Å². The summed E-state index contributed by atoms with van der Waals surface area (Å²) < 4.78 is 40.0. The zero-order valence-electron chi connectivity index (χ0n) is 13.9. The average Bonchev–Trinajstić information content (AvgIpc) is 3.02. The summed E-state index contributed by atoms with van der Waals surface area (Å²) in [6.45, 7) is 0.829. The number of amides is 2. The minimum absolute atomic E-state index is 0.0180. The number of carbonyl (C=O) groups is 2. The number of primary amides is 1. The van der Waals surface area contributed by atoms with Crippen LogP contribution in [0.1, 0.15) is 18.4 Å². The molecule has 2 aromatic rings. The standard InChI is InChI=1S/C15H15ClF3N5O2S/c16-10-5-9(15(17,18)19)6-24-13(10)21-22-14(24)27-7-11(25)23-3-1-8(2-4-23)12(20)26/h5-6,8H,1-4,7H2,(H2,20,26). The van der Waals surface area contributed by atoms with Crippen molar-refractivity contribution in [2.75, 3.05) is 18.8 Å². The maximum absolute atomic E-state index is 13.0. The van der Waals surface area contributed by atoms with Gasteiger partial charge in [-0.2, -0.15) is 13.2 Å². The quantitative estimate of drug-likeness (QED) is 0.764. The number of alkyl halides is 3. The van der Waals surface area contributed by atoms with E-state index in [1.807, 2.05) is 0 Å². The number of hydrogen-bond acceptors (Lipinski definition) is 5. The smallest absolute Gasteiger partial charge is 0.369 e. The van der Waals surface area contributed by atoms with Gasteiger partial charge in [-0.3, -0.25) is 14.0 Å². The Morgan fingerprint density at radius 1 is 1.30 bits per heavy atom. The number of fused-ring (bicyclic) bond motifs is 1. The number of carbonyl (C=O) groups excluding carboxylic acids is 2. The highest BCUT2D eigenvalue weighted by molar-refractivity contribution is 7.99. The molecular weight excluding hydrogens is 407 g/mol. The van der Waals surface area contributed by atoms with Gasteiger partial charge in [-0.05, 0) is 18.9 Å². The van der Waals surface area contributed by atoms with Crippen molar-refractivity contribution in [3.8, 4) is 0 Å². The maximum atomic E-state index is 13.0. The third kappa shape index (κ3) is 4.29. The molecule has 0 unspecified atom stereocenters. The van der Waals surface area contributed by atoms with E-state index in [0.717, 1.165) is 28.4 Å². The molecule has 27 heavy (non-hydrogen) atoms. The van der Waals surface area contributed by atoms with Crippen molar-refractivity contribution in [3.63, 3.8) is 0 Å². The van der Waals surface area contributed by atoms with E-state index in [0.29, 0.717) is 25.9 Å². The lowest BCUT2D eigenvalue weighted by atomic mass is 9.96. The number of likely N-dealkylation sites (tertiary alicyclic amines) is 1. The van der Waals surface area contributed by atoms with Crippen molar-refractivity contribution in [3.05, 3.63) is 22.8 Å². The number of nitrogens with zero attached hydrogens (tertiary/aromatic N) is 4. The predicted molar refractivity (Wildman–Crippen MR) is 92.2 cm³/mol. The molecule has 2 amide bonds. The van der Waals surface area contributed by atoms with E-state index < -0.39 is 11.7 Å². The van der Waals surface area contributed by atoms with E-state index in [2.05, 4.69) is 10.2 Å². The van der Waals surface area contributed by atoms with Crippen molar-refractivity contribution < 1.29 is 22.8 Å². The molecule has 0 aromatic carbocycles. The number of nitrogens with two attached hydrogens (primary N) is 1. The van der Waals surface area contributed by atoms with Crippen LogP contribution in [-0.4, -0.2) is 50.2 Å². The Morgan fingerprint density at radius 3 is 2.56 bits per heavy atom. The van der Waals surface area contributed by atoms with E-state index in [1.165, 1.54) is 0 Å². The number of piperidine rings is 1. The van der Waals surface area contributed by atoms with Crippen LogP contribution in [0.5, 0.6) is 0 Å². The monoisotopic (exact) mass is 421 g/mol. The molecule has 2 aromatic heterocycles. The molecule has 1 fully saturated rings. The molecule has 0 bridgehead atoms. The first kappa shape index (κ1) is 19.7. The number of aromatic nitrogens is 3. The second-order valence-electron chi connectivity index (χ2n) is 6.10. The molecule has 146 valence electrons. The third-order valence-corrected chi connectivity index (χ3v) is 5.54. The molecule has 3 rings (SSSR count). The van der Waals surface area contributed by atoms with Gasteiger partial charge in [0.15, 0.2) is 10.8 Å². The highest BCUT2D eigenvalue weighted by atomic mass is 35.5. The maximum Gasteiger partial charge on any atom is 0.417 e. The molecule has 7 nitrogen and oxygen atoms in total. The fourth-order valence-corrected chi connectivity index (χ4v) is 3.88. The van der Waals surface area contributed by atoms with Crippen LogP contribution in [-0.2, 0) is 15.8 Å². The molecule has 1 saturated heterocycles. The summed E-state index contributed by atoms with van der Waals surface area (Å²) in [6.07, 6.45) is -2.70. The highest BCUT2D eigenvalue weighted by Crippen LogP contribution is 2.33. The number of rotatable bonds is 4. The van der Waals surface area contributed by atoms with E-state index in [9.17, 15) is 22.8 Å². The Balaban J connectivity index is 1.69. The van der Waals surface area contributed by atoms with E-state index in [-0.39, 0.29) is 39.3 Å². The SMILES string of the molecule is NC(=O)C1CCN(C(=O)CSc2nnc3c(Cl)cc(C(F)(F)F)cn23)CC1. The molecule has 3 heterocycles. The van der Waals surface area contributed by atoms with Crippen LogP contribution < -0.4 is 5.73 Å². The van der Waals surface area contributed by atoms with Crippen molar-refractivity contribution in [1.29, 1.82) is 0 Å². The second kappa shape index (κ2) is 7.55. The lowest BCUT2D eigenvalue weighted by molar-refractivity contribution is -0.138. The number of pyridine rings is 1. The summed E-state index contributed by atoms with van der Waals surface area (Å²) in [5.74, 6) is -0.817. The molecule has 1 aliphatic rings. The van der Waals surface area contributed by atoms with Gasteiger partial charge in [-0.25, -0.2) is 0 Å². The zero-order valence-corrected chi connectivity index (χ0v) is 15.4. The normalized spacial score (nSPS) is 16.1. The Bertz CT molecular complexity index is 880. The first-order valence-electron chi connectivity index (χ1n) is 7.98. The van der Waals surface area contributed by atoms with Gasteiger partial charge in [-0.1, -0.05) is 23.4 Å². The lowest BCUT2D eigenvalue weighted by Crippen LogP contribution is -2.42. The summed E-state index contributed by atoms with van der Waals surface area (Å²) in [6, 6.07) is 0.786. The Hall–Kier alpha value is -2.01. The van der Waals surface area contributed by atoms with Crippen molar-refractivity contribution in [1.82, 2.24) is 19.5 Å². The van der Waals surface area contributed by atoms with Crippen LogP contribution >= 0.6 is 23.4 Å². The van der Waals surface area contributed by atoms with Crippen LogP contribution in [0.4, 0.5) is 13.2 Å². The predicted octanol–water partition coefficient (Wildman–Crippen LogP) is 2.22. The summed E-state index contributed by atoms with van der Waals surface area (Å²) in [5.41, 5.74) is 4.42. The van der Waals surface area contributed by atoms with Crippen LogP contribution in [0, 0.1) is 5.92 Å². The molecule has 1 aliphatic heterocycles. The van der Waals surface area contributed by atoms with Gasteiger partial charge in [0.05, 0.1) is 16.3 Å². The largest absolute Gasteiger partial charge is 0.417 e. The van der Waals surface area contributed by atoms with Gasteiger partial charge in [0.25, 0.3) is 0 Å². The summed E-state index contributed by atoms with van der Waals surface area (Å²) in [4.78, 5) is 25.1. The van der Waals surface area contributed by atoms with Crippen LogP contribution in [0.3, 0.4) is 0 Å². The van der Waals surface area contributed by atoms with Gasteiger partial charge >= 0.3 is 6.18 Å². The molecule has 2 N–H and O–H groups in total. The molecule has 0 radical (unpaired) electrons. The van der Waals surface area contributed by atoms with Gasteiger partial charge < -0.3 is 10.6 Å².